The molecule has 1 aliphatic heterocycles. The SMILES string of the molecule is CNCC(C)(CN1CC(CO)OCC1C)c1ccccc1. The molecule has 1 heterocycles. The molecule has 3 unspecified atom stereocenters. The van der Waals surface area contributed by atoms with Crippen LogP contribution in [0.15, 0.2) is 30.3 Å². The Kier molecular flexibility index (Phi) is 5.76. The molecular weight excluding hydrogens is 264 g/mol. The van der Waals surface area contributed by atoms with E-state index in [0.717, 1.165) is 19.6 Å². The highest BCUT2D eigenvalue weighted by molar-refractivity contribution is 5.25. The van der Waals surface area contributed by atoms with Gasteiger partial charge >= 0.3 is 0 Å². The molecule has 1 saturated heterocycles. The summed E-state index contributed by atoms with van der Waals surface area (Å²) in [6.45, 7) is 7.95. The minimum Gasteiger partial charge on any atom is -0.394 e. The van der Waals surface area contributed by atoms with E-state index in [1.165, 1.54) is 5.56 Å². The fraction of sp³-hybridized carbons (Fsp3) is 0.647. The molecule has 1 aliphatic rings. The van der Waals surface area contributed by atoms with Crippen LogP contribution in [0.4, 0.5) is 0 Å². The van der Waals surface area contributed by atoms with Crippen molar-refractivity contribution in [3.05, 3.63) is 35.9 Å². The fourth-order valence-corrected chi connectivity index (χ4v) is 3.13. The third-order valence-corrected chi connectivity index (χ3v) is 4.43. The number of nitrogens with one attached hydrogen (secondary N) is 1. The molecule has 3 atom stereocenters. The number of likely N-dealkylation sites (N-methyl/N-ethyl adjacent to an activating group) is 1. The third kappa shape index (κ3) is 4.04. The molecule has 4 nitrogen and oxygen atoms in total. The average Bonchev–Trinajstić information content (AvgIpc) is 2.51. The van der Waals surface area contributed by atoms with Crippen LogP contribution in [0.3, 0.4) is 0 Å². The van der Waals surface area contributed by atoms with Crippen molar-refractivity contribution in [3.63, 3.8) is 0 Å². The second-order valence-electron chi connectivity index (χ2n) is 6.37. The molecule has 0 amide bonds. The van der Waals surface area contributed by atoms with E-state index in [0.29, 0.717) is 12.6 Å². The van der Waals surface area contributed by atoms with Crippen LogP contribution < -0.4 is 5.32 Å². The van der Waals surface area contributed by atoms with Gasteiger partial charge in [-0.2, -0.15) is 0 Å². The molecule has 0 spiro atoms. The van der Waals surface area contributed by atoms with Gasteiger partial charge in [0.1, 0.15) is 0 Å². The van der Waals surface area contributed by atoms with Gasteiger partial charge in [0, 0.05) is 31.1 Å². The van der Waals surface area contributed by atoms with Crippen LogP contribution >= 0.6 is 0 Å². The molecule has 0 radical (unpaired) electrons. The molecule has 0 bridgehead atoms. The highest BCUT2D eigenvalue weighted by atomic mass is 16.5. The molecule has 0 aromatic heterocycles. The average molecular weight is 292 g/mol. The summed E-state index contributed by atoms with van der Waals surface area (Å²) < 4.78 is 5.64. The number of aliphatic hydroxyl groups excluding tert-OH is 1. The Labute approximate surface area is 128 Å². The zero-order valence-corrected chi connectivity index (χ0v) is 13.4. The zero-order valence-electron chi connectivity index (χ0n) is 13.4. The van der Waals surface area contributed by atoms with E-state index >= 15 is 0 Å². The lowest BCUT2D eigenvalue weighted by molar-refractivity contribution is -0.0825. The third-order valence-electron chi connectivity index (χ3n) is 4.43. The number of benzene rings is 1. The van der Waals surface area contributed by atoms with Crippen molar-refractivity contribution in [2.24, 2.45) is 0 Å². The molecule has 0 aliphatic carbocycles. The summed E-state index contributed by atoms with van der Waals surface area (Å²) in [6.07, 6.45) is -0.0594. The Morgan fingerprint density at radius 1 is 1.38 bits per heavy atom. The Morgan fingerprint density at radius 3 is 2.71 bits per heavy atom. The van der Waals surface area contributed by atoms with E-state index in [4.69, 9.17) is 4.74 Å². The minimum absolute atomic E-state index is 0.0433. The molecule has 4 heteroatoms. The van der Waals surface area contributed by atoms with Gasteiger partial charge in [0.15, 0.2) is 0 Å². The van der Waals surface area contributed by atoms with Crippen LogP contribution in [-0.2, 0) is 10.2 Å². The summed E-state index contributed by atoms with van der Waals surface area (Å²) >= 11 is 0. The molecule has 21 heavy (non-hydrogen) atoms. The maximum absolute atomic E-state index is 9.35. The van der Waals surface area contributed by atoms with Crippen molar-refractivity contribution >= 4 is 0 Å². The van der Waals surface area contributed by atoms with Crippen molar-refractivity contribution in [2.45, 2.75) is 31.4 Å². The second-order valence-corrected chi connectivity index (χ2v) is 6.37. The summed E-state index contributed by atoms with van der Waals surface area (Å²) in [5, 5.41) is 12.7. The largest absolute Gasteiger partial charge is 0.394 e. The Bertz CT molecular complexity index is 426. The predicted molar refractivity (Wildman–Crippen MR) is 85.6 cm³/mol. The monoisotopic (exact) mass is 292 g/mol. The summed E-state index contributed by atoms with van der Waals surface area (Å²) in [5.74, 6) is 0. The molecule has 118 valence electrons. The van der Waals surface area contributed by atoms with Crippen LogP contribution in [-0.4, -0.2) is 62.0 Å². The van der Waals surface area contributed by atoms with Gasteiger partial charge < -0.3 is 15.2 Å². The second kappa shape index (κ2) is 7.36. The molecule has 0 saturated carbocycles. The number of nitrogens with zero attached hydrogens (tertiary/aromatic N) is 1. The molecule has 1 fully saturated rings. The number of ether oxygens (including phenoxy) is 1. The van der Waals surface area contributed by atoms with Crippen LogP contribution in [0.5, 0.6) is 0 Å². The van der Waals surface area contributed by atoms with Crippen LogP contribution in [0, 0.1) is 0 Å². The molecule has 2 N–H and O–H groups in total. The van der Waals surface area contributed by atoms with Gasteiger partial charge in [0.2, 0.25) is 0 Å². The minimum atomic E-state index is -0.0594. The summed E-state index contributed by atoms with van der Waals surface area (Å²) in [6, 6.07) is 11.0. The first kappa shape index (κ1) is 16.4. The Morgan fingerprint density at radius 2 is 2.10 bits per heavy atom. The number of hydrogen-bond donors (Lipinski definition) is 2. The van der Waals surface area contributed by atoms with Gasteiger partial charge in [-0.25, -0.2) is 0 Å². The lowest BCUT2D eigenvalue weighted by Gasteiger charge is -2.43. The summed E-state index contributed by atoms with van der Waals surface area (Å²) in [7, 11) is 2.00. The van der Waals surface area contributed by atoms with E-state index in [2.05, 4.69) is 54.4 Å². The van der Waals surface area contributed by atoms with E-state index in [9.17, 15) is 5.11 Å². The first-order chi connectivity index (χ1) is 10.1. The number of rotatable bonds is 6. The highest BCUT2D eigenvalue weighted by Gasteiger charge is 2.33. The quantitative estimate of drug-likeness (QED) is 0.828. The highest BCUT2D eigenvalue weighted by Crippen LogP contribution is 2.26. The smallest absolute Gasteiger partial charge is 0.0933 e. The summed E-state index contributed by atoms with van der Waals surface area (Å²) in [4.78, 5) is 2.44. The van der Waals surface area contributed by atoms with Gasteiger partial charge in [0.05, 0.1) is 19.3 Å². The molecule has 1 aromatic carbocycles. The Hall–Kier alpha value is -0.940. The normalized spacial score (nSPS) is 26.5. The molecular formula is C17H28N2O2. The lowest BCUT2D eigenvalue weighted by Crippen LogP contribution is -2.55. The molecule has 1 aromatic rings. The van der Waals surface area contributed by atoms with Gasteiger partial charge in [-0.3, -0.25) is 4.90 Å². The maximum atomic E-state index is 9.35. The predicted octanol–water partition coefficient (Wildman–Crippen LogP) is 1.25. The zero-order chi connectivity index (χ0) is 15.3. The van der Waals surface area contributed by atoms with Crippen LogP contribution in [0.2, 0.25) is 0 Å². The van der Waals surface area contributed by atoms with E-state index in [-0.39, 0.29) is 18.1 Å². The van der Waals surface area contributed by atoms with Crippen molar-refractivity contribution < 1.29 is 9.84 Å². The van der Waals surface area contributed by atoms with Gasteiger partial charge in [-0.15, -0.1) is 0 Å². The van der Waals surface area contributed by atoms with Crippen molar-refractivity contribution in [2.75, 3.05) is 39.9 Å². The van der Waals surface area contributed by atoms with E-state index in [1.807, 2.05) is 7.05 Å². The first-order valence-corrected chi connectivity index (χ1v) is 7.75. The first-order valence-electron chi connectivity index (χ1n) is 7.75. The van der Waals surface area contributed by atoms with Crippen molar-refractivity contribution in [1.82, 2.24) is 10.2 Å². The fourth-order valence-electron chi connectivity index (χ4n) is 3.13. The number of aliphatic hydroxyl groups is 1. The Balaban J connectivity index is 2.15. The lowest BCUT2D eigenvalue weighted by atomic mass is 9.81. The number of morpholine rings is 1. The van der Waals surface area contributed by atoms with Gasteiger partial charge in [-0.05, 0) is 19.5 Å². The standard InChI is InChI=1S/C17H28N2O2/c1-14-11-21-16(10-20)9-19(14)13-17(2,12-18-3)15-7-5-4-6-8-15/h4-8,14,16,18,20H,9-13H2,1-3H3. The van der Waals surface area contributed by atoms with E-state index in [1.54, 1.807) is 0 Å². The number of hydrogen-bond acceptors (Lipinski definition) is 4. The van der Waals surface area contributed by atoms with Gasteiger partial charge in [-0.1, -0.05) is 37.3 Å². The van der Waals surface area contributed by atoms with Crippen molar-refractivity contribution in [1.29, 1.82) is 0 Å². The van der Waals surface area contributed by atoms with Gasteiger partial charge in [0.25, 0.3) is 0 Å². The van der Waals surface area contributed by atoms with Crippen molar-refractivity contribution in [3.8, 4) is 0 Å². The van der Waals surface area contributed by atoms with E-state index < -0.39 is 0 Å². The summed E-state index contributed by atoms with van der Waals surface area (Å²) in [5.41, 5.74) is 1.39. The maximum Gasteiger partial charge on any atom is 0.0933 e. The topological polar surface area (TPSA) is 44.7 Å². The molecule has 2 rings (SSSR count). The van der Waals surface area contributed by atoms with Crippen LogP contribution in [0.1, 0.15) is 19.4 Å². The van der Waals surface area contributed by atoms with Crippen LogP contribution in [0.25, 0.3) is 0 Å².